The third kappa shape index (κ3) is 3.58. The maximum absolute atomic E-state index is 13.8. The molecule has 2 amide bonds. The van der Waals surface area contributed by atoms with Gasteiger partial charge in [0.25, 0.3) is 11.8 Å². The van der Waals surface area contributed by atoms with Gasteiger partial charge in [-0.15, -0.1) is 0 Å². The van der Waals surface area contributed by atoms with Gasteiger partial charge in [0.15, 0.2) is 0 Å². The number of hydrogen-bond donors (Lipinski definition) is 1. The summed E-state index contributed by atoms with van der Waals surface area (Å²) < 4.78 is 13.8. The first kappa shape index (κ1) is 18.1. The van der Waals surface area contributed by atoms with Gasteiger partial charge in [-0.25, -0.2) is 4.39 Å². The van der Waals surface area contributed by atoms with Crippen LogP contribution in [0.4, 0.5) is 4.39 Å². The van der Waals surface area contributed by atoms with Crippen molar-refractivity contribution in [3.63, 3.8) is 0 Å². The van der Waals surface area contributed by atoms with E-state index < -0.39 is 5.82 Å². The van der Waals surface area contributed by atoms with Crippen molar-refractivity contribution in [2.45, 2.75) is 18.9 Å². The molecule has 1 saturated heterocycles. The fourth-order valence-corrected chi connectivity index (χ4v) is 3.59. The first-order chi connectivity index (χ1) is 13.6. The Balaban J connectivity index is 1.40. The van der Waals surface area contributed by atoms with E-state index in [9.17, 15) is 14.0 Å². The molecule has 1 fully saturated rings. The first-order valence-electron chi connectivity index (χ1n) is 9.32. The highest BCUT2D eigenvalue weighted by atomic mass is 19.1. The van der Waals surface area contributed by atoms with Gasteiger partial charge in [0, 0.05) is 30.7 Å². The Kier molecular flexibility index (Phi) is 5.02. The number of fused-ring (bicyclic) bond motifs is 1. The Morgan fingerprint density at radius 1 is 1.00 bits per heavy atom. The van der Waals surface area contributed by atoms with Crippen LogP contribution in [0.15, 0.2) is 60.8 Å². The highest BCUT2D eigenvalue weighted by Gasteiger charge is 2.26. The van der Waals surface area contributed by atoms with E-state index in [1.165, 1.54) is 12.1 Å². The van der Waals surface area contributed by atoms with Crippen molar-refractivity contribution in [2.24, 2.45) is 0 Å². The zero-order valence-corrected chi connectivity index (χ0v) is 15.3. The molecule has 0 saturated carbocycles. The zero-order valence-electron chi connectivity index (χ0n) is 15.3. The molecule has 4 rings (SSSR count). The van der Waals surface area contributed by atoms with Crippen molar-refractivity contribution in [2.75, 3.05) is 13.1 Å². The van der Waals surface area contributed by atoms with E-state index in [1.54, 1.807) is 23.2 Å². The highest BCUT2D eigenvalue weighted by molar-refractivity contribution is 6.05. The lowest BCUT2D eigenvalue weighted by Gasteiger charge is -2.32. The van der Waals surface area contributed by atoms with Crippen molar-refractivity contribution in [3.8, 4) is 0 Å². The van der Waals surface area contributed by atoms with Crippen LogP contribution >= 0.6 is 0 Å². The molecule has 0 aliphatic carbocycles. The molecule has 28 heavy (non-hydrogen) atoms. The van der Waals surface area contributed by atoms with Crippen LogP contribution in [0.5, 0.6) is 0 Å². The maximum atomic E-state index is 13.8. The quantitative estimate of drug-likeness (QED) is 0.761. The molecular formula is C22H20FN3O2. The smallest absolute Gasteiger partial charge is 0.270 e. The van der Waals surface area contributed by atoms with Crippen molar-refractivity contribution in [1.82, 2.24) is 15.2 Å². The lowest BCUT2D eigenvalue weighted by Crippen LogP contribution is -2.46. The fraction of sp³-hybridized carbons (Fsp3) is 0.227. The second kappa shape index (κ2) is 7.76. The summed E-state index contributed by atoms with van der Waals surface area (Å²) in [6.45, 7) is 0.947. The zero-order chi connectivity index (χ0) is 19.5. The molecule has 2 heterocycles. The first-order valence-corrected chi connectivity index (χ1v) is 9.32. The van der Waals surface area contributed by atoms with Crippen LogP contribution in [0.25, 0.3) is 10.8 Å². The molecule has 1 aliphatic heterocycles. The van der Waals surface area contributed by atoms with Crippen LogP contribution in [0.3, 0.4) is 0 Å². The molecule has 2 aromatic carbocycles. The molecule has 0 bridgehead atoms. The van der Waals surface area contributed by atoms with Gasteiger partial charge in [-0.3, -0.25) is 14.6 Å². The number of carbonyl (C=O) groups is 2. The topological polar surface area (TPSA) is 62.3 Å². The minimum absolute atomic E-state index is 0.0436. The Bertz CT molecular complexity index is 1020. The van der Waals surface area contributed by atoms with E-state index >= 15 is 0 Å². The Morgan fingerprint density at radius 3 is 2.50 bits per heavy atom. The number of amides is 2. The molecular weight excluding hydrogens is 357 g/mol. The largest absolute Gasteiger partial charge is 0.348 e. The van der Waals surface area contributed by atoms with Crippen molar-refractivity contribution >= 4 is 22.6 Å². The average Bonchev–Trinajstić information content (AvgIpc) is 2.73. The minimum atomic E-state index is -0.509. The van der Waals surface area contributed by atoms with Crippen LogP contribution in [0.1, 0.15) is 33.7 Å². The molecule has 6 heteroatoms. The van der Waals surface area contributed by atoms with Gasteiger partial charge in [0.05, 0.1) is 5.56 Å². The summed E-state index contributed by atoms with van der Waals surface area (Å²) in [7, 11) is 0. The predicted molar refractivity (Wildman–Crippen MR) is 105 cm³/mol. The lowest BCUT2D eigenvalue weighted by atomic mass is 10.0. The van der Waals surface area contributed by atoms with Crippen LogP contribution in [0.2, 0.25) is 0 Å². The number of carbonyl (C=O) groups excluding carboxylic acids is 2. The number of likely N-dealkylation sites (tertiary alicyclic amines) is 1. The van der Waals surface area contributed by atoms with Crippen LogP contribution in [-0.2, 0) is 0 Å². The van der Waals surface area contributed by atoms with E-state index in [4.69, 9.17) is 0 Å². The van der Waals surface area contributed by atoms with Crippen molar-refractivity contribution < 1.29 is 14.0 Å². The highest BCUT2D eigenvalue weighted by Crippen LogP contribution is 2.19. The van der Waals surface area contributed by atoms with Crippen LogP contribution in [-0.4, -0.2) is 40.8 Å². The van der Waals surface area contributed by atoms with Gasteiger partial charge in [-0.05, 0) is 36.4 Å². The number of nitrogens with one attached hydrogen (secondary N) is 1. The van der Waals surface area contributed by atoms with E-state index in [1.807, 2.05) is 30.3 Å². The van der Waals surface area contributed by atoms with Crippen molar-refractivity contribution in [3.05, 3.63) is 77.9 Å². The Labute approximate surface area is 162 Å². The van der Waals surface area contributed by atoms with E-state index in [-0.39, 0.29) is 23.4 Å². The molecule has 142 valence electrons. The molecule has 3 aromatic rings. The van der Waals surface area contributed by atoms with Crippen molar-refractivity contribution in [1.29, 1.82) is 0 Å². The number of nitrogens with zero attached hydrogens (tertiary/aromatic N) is 2. The number of aromatic nitrogens is 1. The van der Waals surface area contributed by atoms with E-state index in [0.29, 0.717) is 31.6 Å². The summed E-state index contributed by atoms with van der Waals surface area (Å²) in [6, 6.07) is 15.5. The molecule has 0 radical (unpaired) electrons. The number of hydrogen-bond acceptors (Lipinski definition) is 3. The standard InChI is InChI=1S/C22H20FN3O2/c23-19-8-4-3-7-18(19)22(28)26-13-10-16(11-14-26)25-21(27)20-17-6-2-1-5-15(17)9-12-24-20/h1-9,12,16H,10-11,13-14H2,(H,25,27). The Morgan fingerprint density at radius 2 is 1.71 bits per heavy atom. The average molecular weight is 377 g/mol. The second-order valence-corrected chi connectivity index (χ2v) is 6.90. The maximum Gasteiger partial charge on any atom is 0.270 e. The van der Waals surface area contributed by atoms with Crippen LogP contribution < -0.4 is 5.32 Å². The number of piperidine rings is 1. The molecule has 0 spiro atoms. The summed E-state index contributed by atoms with van der Waals surface area (Å²) >= 11 is 0. The van der Waals surface area contributed by atoms with Crippen LogP contribution in [0, 0.1) is 5.82 Å². The van der Waals surface area contributed by atoms with Gasteiger partial charge >= 0.3 is 0 Å². The normalized spacial score (nSPS) is 14.8. The lowest BCUT2D eigenvalue weighted by molar-refractivity contribution is 0.0693. The summed E-state index contributed by atoms with van der Waals surface area (Å²) in [6.07, 6.45) is 2.88. The molecule has 1 aromatic heterocycles. The third-order valence-corrected chi connectivity index (χ3v) is 5.11. The fourth-order valence-electron chi connectivity index (χ4n) is 3.59. The Hall–Kier alpha value is -3.28. The van der Waals surface area contributed by atoms with E-state index in [0.717, 1.165) is 10.8 Å². The van der Waals surface area contributed by atoms with E-state index in [2.05, 4.69) is 10.3 Å². The SMILES string of the molecule is O=C(NC1CCN(C(=O)c2ccccc2F)CC1)c1nccc2ccccc12. The van der Waals surface area contributed by atoms with Gasteiger partial charge in [-0.1, -0.05) is 36.4 Å². The number of halogens is 1. The molecule has 0 unspecified atom stereocenters. The monoisotopic (exact) mass is 377 g/mol. The predicted octanol–water partition coefficient (Wildman–Crippen LogP) is 3.41. The van der Waals surface area contributed by atoms with Gasteiger partial charge in [0.2, 0.25) is 0 Å². The molecule has 1 aliphatic rings. The molecule has 0 atom stereocenters. The summed E-state index contributed by atoms with van der Waals surface area (Å²) in [5, 5.41) is 4.80. The second-order valence-electron chi connectivity index (χ2n) is 6.90. The summed E-state index contributed by atoms with van der Waals surface area (Å²) in [5.41, 5.74) is 0.493. The molecule has 1 N–H and O–H groups in total. The number of pyridine rings is 1. The minimum Gasteiger partial charge on any atom is -0.348 e. The summed E-state index contributed by atoms with van der Waals surface area (Å²) in [4.78, 5) is 31.1. The molecule has 5 nitrogen and oxygen atoms in total. The number of rotatable bonds is 3. The summed E-state index contributed by atoms with van der Waals surface area (Å²) in [5.74, 6) is -1.03. The third-order valence-electron chi connectivity index (χ3n) is 5.11. The van der Waals surface area contributed by atoms with Gasteiger partial charge in [0.1, 0.15) is 11.5 Å². The number of benzene rings is 2. The van der Waals surface area contributed by atoms with Gasteiger partial charge < -0.3 is 10.2 Å². The van der Waals surface area contributed by atoms with Gasteiger partial charge in [-0.2, -0.15) is 0 Å².